The Bertz CT molecular complexity index is 348. The molecule has 1 N–H and O–H groups in total. The topological polar surface area (TPSA) is 12.0 Å². The Hall–Kier alpha value is -0.960. The van der Waals surface area contributed by atoms with Gasteiger partial charge < -0.3 is 5.32 Å². The summed E-state index contributed by atoms with van der Waals surface area (Å²) in [4.78, 5) is 0. The van der Waals surface area contributed by atoms with Crippen LogP contribution in [0.1, 0.15) is 31.2 Å². The minimum absolute atomic E-state index is 0.411. The Kier molecular flexibility index (Phi) is 3.88. The Morgan fingerprint density at radius 2 is 2.06 bits per heavy atom. The second-order valence-corrected chi connectivity index (χ2v) is 4.48. The average Bonchev–Trinajstić information content (AvgIpc) is 2.21. The Morgan fingerprint density at radius 1 is 1.25 bits per heavy atom. The molecule has 1 nitrogen and oxygen atoms in total. The normalized spacial score (nSPS) is 16.1. The molecule has 1 fully saturated rings. The van der Waals surface area contributed by atoms with Gasteiger partial charge in [-0.1, -0.05) is 31.4 Å². The third-order valence-electron chi connectivity index (χ3n) is 3.30. The number of halogens is 2. The van der Waals surface area contributed by atoms with Crippen LogP contribution in [-0.2, 0) is 6.54 Å². The highest BCUT2D eigenvalue weighted by Gasteiger charge is 2.16. The van der Waals surface area contributed by atoms with Crippen molar-refractivity contribution >= 4 is 0 Å². The molecule has 3 heteroatoms. The van der Waals surface area contributed by atoms with Crippen molar-refractivity contribution in [2.75, 3.05) is 6.54 Å². The van der Waals surface area contributed by atoms with E-state index in [1.54, 1.807) is 12.1 Å². The second-order valence-electron chi connectivity index (χ2n) is 4.48. The molecule has 1 aliphatic carbocycles. The van der Waals surface area contributed by atoms with Crippen LogP contribution in [-0.4, -0.2) is 6.54 Å². The van der Waals surface area contributed by atoms with E-state index in [0.717, 1.165) is 24.9 Å². The Labute approximate surface area is 94.9 Å². The maximum atomic E-state index is 13.2. The fourth-order valence-electron chi connectivity index (χ4n) is 2.00. The van der Waals surface area contributed by atoms with Crippen LogP contribution < -0.4 is 5.32 Å². The summed E-state index contributed by atoms with van der Waals surface area (Å²) in [7, 11) is 0. The molecule has 0 amide bonds. The van der Waals surface area contributed by atoms with E-state index in [4.69, 9.17) is 0 Å². The number of benzene rings is 1. The molecule has 16 heavy (non-hydrogen) atoms. The summed E-state index contributed by atoms with van der Waals surface area (Å²) in [6.07, 6.45) is 5.16. The van der Waals surface area contributed by atoms with E-state index in [1.165, 1.54) is 19.3 Å². The predicted octanol–water partition coefficient (Wildman–Crippen LogP) is 3.24. The van der Waals surface area contributed by atoms with Gasteiger partial charge in [0.1, 0.15) is 0 Å². The van der Waals surface area contributed by atoms with Crippen LogP contribution in [0.2, 0.25) is 0 Å². The number of nitrogens with one attached hydrogen (secondary N) is 1. The summed E-state index contributed by atoms with van der Waals surface area (Å²) >= 11 is 0. The van der Waals surface area contributed by atoms with Crippen LogP contribution in [0.3, 0.4) is 0 Å². The number of hydrogen-bond donors (Lipinski definition) is 1. The fraction of sp³-hybridized carbons (Fsp3) is 0.538. The van der Waals surface area contributed by atoms with Crippen molar-refractivity contribution in [1.29, 1.82) is 0 Å². The van der Waals surface area contributed by atoms with Gasteiger partial charge in [0.2, 0.25) is 0 Å². The summed E-state index contributed by atoms with van der Waals surface area (Å²) in [5, 5.41) is 3.16. The lowest BCUT2D eigenvalue weighted by Crippen LogP contribution is -2.21. The van der Waals surface area contributed by atoms with E-state index in [1.807, 2.05) is 0 Å². The molecule has 1 aromatic carbocycles. The molecule has 0 aliphatic heterocycles. The van der Waals surface area contributed by atoms with Crippen molar-refractivity contribution in [3.05, 3.63) is 35.4 Å². The number of hydrogen-bond acceptors (Lipinski definition) is 1. The van der Waals surface area contributed by atoms with E-state index >= 15 is 0 Å². The summed E-state index contributed by atoms with van der Waals surface area (Å²) in [6, 6.07) is 4.31. The summed E-state index contributed by atoms with van der Waals surface area (Å²) in [5.41, 5.74) is 0.411. The smallest absolute Gasteiger partial charge is 0.163 e. The minimum Gasteiger partial charge on any atom is -0.313 e. The Balaban J connectivity index is 1.73. The van der Waals surface area contributed by atoms with Gasteiger partial charge in [0, 0.05) is 12.1 Å². The van der Waals surface area contributed by atoms with E-state index in [9.17, 15) is 8.78 Å². The highest BCUT2D eigenvalue weighted by atomic mass is 19.2. The van der Waals surface area contributed by atoms with Gasteiger partial charge in [-0.25, -0.2) is 8.78 Å². The average molecular weight is 225 g/mol. The zero-order valence-corrected chi connectivity index (χ0v) is 9.31. The third-order valence-corrected chi connectivity index (χ3v) is 3.30. The molecule has 0 spiro atoms. The first-order valence-electron chi connectivity index (χ1n) is 5.91. The molecule has 0 radical (unpaired) electrons. The molecule has 1 aliphatic rings. The van der Waals surface area contributed by atoms with Crippen LogP contribution >= 0.6 is 0 Å². The third kappa shape index (κ3) is 2.79. The molecule has 1 aromatic rings. The lowest BCUT2D eigenvalue weighted by Gasteiger charge is -2.25. The molecular formula is C13H17F2N. The largest absolute Gasteiger partial charge is 0.313 e. The van der Waals surface area contributed by atoms with Crippen molar-refractivity contribution in [3.8, 4) is 0 Å². The van der Waals surface area contributed by atoms with Crippen LogP contribution in [0.5, 0.6) is 0 Å². The molecule has 0 unspecified atom stereocenters. The lowest BCUT2D eigenvalue weighted by atomic mass is 9.83. The summed E-state index contributed by atoms with van der Waals surface area (Å²) in [6.45, 7) is 1.30. The minimum atomic E-state index is -0.765. The molecule has 88 valence electrons. The van der Waals surface area contributed by atoms with E-state index in [0.29, 0.717) is 12.1 Å². The molecule has 0 saturated heterocycles. The van der Waals surface area contributed by atoms with Crippen molar-refractivity contribution in [1.82, 2.24) is 5.32 Å². The van der Waals surface area contributed by atoms with Crippen molar-refractivity contribution in [2.24, 2.45) is 5.92 Å². The van der Waals surface area contributed by atoms with Crippen molar-refractivity contribution in [2.45, 2.75) is 32.2 Å². The Morgan fingerprint density at radius 3 is 2.75 bits per heavy atom. The van der Waals surface area contributed by atoms with Gasteiger partial charge in [0.05, 0.1) is 0 Å². The first-order valence-corrected chi connectivity index (χ1v) is 5.91. The zero-order valence-electron chi connectivity index (χ0n) is 9.31. The van der Waals surface area contributed by atoms with E-state index in [-0.39, 0.29) is 0 Å². The molecule has 0 heterocycles. The van der Waals surface area contributed by atoms with Crippen molar-refractivity contribution in [3.63, 3.8) is 0 Å². The summed E-state index contributed by atoms with van der Waals surface area (Å²) < 4.78 is 26.1. The van der Waals surface area contributed by atoms with Crippen LogP contribution in [0, 0.1) is 17.6 Å². The molecule has 1 saturated carbocycles. The molecular weight excluding hydrogens is 208 g/mol. The van der Waals surface area contributed by atoms with Gasteiger partial charge in [0.15, 0.2) is 11.6 Å². The van der Waals surface area contributed by atoms with Crippen molar-refractivity contribution < 1.29 is 8.78 Å². The highest BCUT2D eigenvalue weighted by molar-refractivity contribution is 5.18. The maximum absolute atomic E-state index is 13.2. The van der Waals surface area contributed by atoms with Gasteiger partial charge in [-0.15, -0.1) is 0 Å². The standard InChI is InChI=1S/C13H17F2N/c14-12-6-2-5-11(13(12)15)9-16-8-7-10-3-1-4-10/h2,5-6,10,16H,1,3-4,7-9H2. The van der Waals surface area contributed by atoms with Crippen LogP contribution in [0.4, 0.5) is 8.78 Å². The quantitative estimate of drug-likeness (QED) is 0.758. The first kappa shape index (κ1) is 11.5. The lowest BCUT2D eigenvalue weighted by molar-refractivity contribution is 0.292. The van der Waals surface area contributed by atoms with Gasteiger partial charge in [-0.2, -0.15) is 0 Å². The van der Waals surface area contributed by atoms with Gasteiger partial charge >= 0.3 is 0 Å². The first-order chi connectivity index (χ1) is 7.77. The fourth-order valence-corrected chi connectivity index (χ4v) is 2.00. The number of rotatable bonds is 5. The SMILES string of the molecule is Fc1cccc(CNCCC2CCC2)c1F. The van der Waals surface area contributed by atoms with Crippen LogP contribution in [0.15, 0.2) is 18.2 Å². The molecule has 2 rings (SSSR count). The van der Waals surface area contributed by atoms with Crippen LogP contribution in [0.25, 0.3) is 0 Å². The maximum Gasteiger partial charge on any atom is 0.163 e. The van der Waals surface area contributed by atoms with Gasteiger partial charge in [0.25, 0.3) is 0 Å². The molecule has 0 atom stereocenters. The second kappa shape index (κ2) is 5.39. The molecule has 0 aromatic heterocycles. The van der Waals surface area contributed by atoms with E-state index in [2.05, 4.69) is 5.32 Å². The zero-order chi connectivity index (χ0) is 11.4. The summed E-state index contributed by atoms with van der Waals surface area (Å²) in [5.74, 6) is -0.637. The monoisotopic (exact) mass is 225 g/mol. The predicted molar refractivity (Wildman–Crippen MR) is 60.0 cm³/mol. The highest BCUT2D eigenvalue weighted by Crippen LogP contribution is 2.28. The molecule has 0 bridgehead atoms. The van der Waals surface area contributed by atoms with E-state index < -0.39 is 11.6 Å². The van der Waals surface area contributed by atoms with Gasteiger partial charge in [-0.05, 0) is 24.9 Å². The van der Waals surface area contributed by atoms with Gasteiger partial charge in [-0.3, -0.25) is 0 Å².